The van der Waals surface area contributed by atoms with Crippen molar-refractivity contribution in [2.75, 3.05) is 26.3 Å². The van der Waals surface area contributed by atoms with Crippen molar-refractivity contribution in [2.24, 2.45) is 17.3 Å². The quantitative estimate of drug-likeness (QED) is 0.172. The van der Waals surface area contributed by atoms with Gasteiger partial charge >= 0.3 is 5.97 Å². The summed E-state index contributed by atoms with van der Waals surface area (Å²) >= 11 is 1.68. The van der Waals surface area contributed by atoms with Crippen LogP contribution in [0, 0.1) is 17.3 Å². The molecule has 5 atom stereocenters. The minimum atomic E-state index is -0.628. The molecule has 8 heteroatoms. The third-order valence-electron chi connectivity index (χ3n) is 8.43. The lowest BCUT2D eigenvalue weighted by Crippen LogP contribution is -2.60. The first-order chi connectivity index (χ1) is 18.3. The minimum Gasteiger partial charge on any atom is -0.465 e. The molecular weight excluding hydrogens is 512 g/mol. The Morgan fingerprint density at radius 1 is 1.15 bits per heavy atom. The minimum absolute atomic E-state index is 0.000509. The van der Waals surface area contributed by atoms with E-state index in [2.05, 4.69) is 47.8 Å². The summed E-state index contributed by atoms with van der Waals surface area (Å²) in [4.78, 5) is 45.9. The van der Waals surface area contributed by atoms with Gasteiger partial charge in [-0.1, -0.05) is 32.9 Å². The molecule has 0 radical (unpaired) electrons. The zero-order valence-corrected chi connectivity index (χ0v) is 25.6. The van der Waals surface area contributed by atoms with Crippen LogP contribution in [0.3, 0.4) is 0 Å². The van der Waals surface area contributed by atoms with E-state index in [1.54, 1.807) is 28.8 Å². The van der Waals surface area contributed by atoms with Crippen LogP contribution in [-0.2, 0) is 19.1 Å². The number of carbonyl (C=O) groups is 3. The summed E-state index contributed by atoms with van der Waals surface area (Å²) in [5.74, 6) is -1.51. The predicted octanol–water partition coefficient (Wildman–Crippen LogP) is 4.98. The van der Waals surface area contributed by atoms with Crippen LogP contribution >= 0.6 is 11.8 Å². The molecule has 3 rings (SSSR count). The number of unbranched alkanes of at least 4 members (excludes halogenated alkanes) is 3. The van der Waals surface area contributed by atoms with Crippen LogP contribution in [0.5, 0.6) is 0 Å². The van der Waals surface area contributed by atoms with Crippen molar-refractivity contribution in [3.05, 3.63) is 25.3 Å². The van der Waals surface area contributed by atoms with Gasteiger partial charge in [-0.15, -0.1) is 24.9 Å². The topological polar surface area (TPSA) is 87.2 Å². The molecule has 3 heterocycles. The normalized spacial score (nSPS) is 27.9. The summed E-state index contributed by atoms with van der Waals surface area (Å²) in [5, 5.41) is 9.26. The second kappa shape index (κ2) is 12.8. The van der Waals surface area contributed by atoms with Gasteiger partial charge < -0.3 is 19.6 Å². The fraction of sp³-hybridized carbons (Fsp3) is 0.774. The Kier molecular flexibility index (Phi) is 10.4. The third-order valence-corrected chi connectivity index (χ3v) is 10.4. The second-order valence-electron chi connectivity index (χ2n) is 13.3. The molecule has 7 nitrogen and oxygen atoms in total. The molecule has 0 aliphatic carbocycles. The number of likely N-dealkylation sites (tertiary alicyclic amines) is 1. The van der Waals surface area contributed by atoms with Gasteiger partial charge in [-0.25, -0.2) is 0 Å². The van der Waals surface area contributed by atoms with E-state index in [4.69, 9.17) is 4.74 Å². The van der Waals surface area contributed by atoms with E-state index >= 15 is 0 Å². The van der Waals surface area contributed by atoms with E-state index in [-0.39, 0.29) is 35.1 Å². The van der Waals surface area contributed by atoms with Crippen molar-refractivity contribution >= 4 is 29.5 Å². The average Bonchev–Trinajstić information content (AvgIpc) is 3.48. The summed E-state index contributed by atoms with van der Waals surface area (Å²) in [5.41, 5.74) is -0.449. The van der Waals surface area contributed by atoms with E-state index < -0.39 is 28.2 Å². The fourth-order valence-corrected chi connectivity index (χ4v) is 9.51. The molecule has 3 aliphatic rings. The van der Waals surface area contributed by atoms with Crippen LogP contribution in [0.1, 0.15) is 86.0 Å². The van der Waals surface area contributed by atoms with Crippen molar-refractivity contribution in [3.8, 4) is 0 Å². The number of hydrogen-bond acceptors (Lipinski definition) is 6. The van der Waals surface area contributed by atoms with Crippen LogP contribution < -0.4 is 0 Å². The smallest absolute Gasteiger partial charge is 0.310 e. The van der Waals surface area contributed by atoms with Gasteiger partial charge in [0.1, 0.15) is 6.04 Å². The van der Waals surface area contributed by atoms with Crippen LogP contribution in [-0.4, -0.2) is 80.6 Å². The lowest BCUT2D eigenvalue weighted by atomic mass is 9.71. The lowest BCUT2D eigenvalue weighted by Gasteiger charge is -2.46. The molecule has 1 N–H and O–H groups in total. The van der Waals surface area contributed by atoms with E-state index in [0.717, 1.165) is 32.1 Å². The molecule has 0 aromatic carbocycles. The predicted molar refractivity (Wildman–Crippen MR) is 157 cm³/mol. The molecule has 2 unspecified atom stereocenters. The average molecular weight is 563 g/mol. The molecule has 0 aromatic rings. The van der Waals surface area contributed by atoms with Gasteiger partial charge in [0.05, 0.1) is 23.2 Å². The molecule has 2 amide bonds. The van der Waals surface area contributed by atoms with E-state index in [1.165, 1.54) is 0 Å². The maximum Gasteiger partial charge on any atom is 0.310 e. The summed E-state index contributed by atoms with van der Waals surface area (Å²) in [7, 11) is 0. The molecule has 2 bridgehead atoms. The maximum absolute atomic E-state index is 14.7. The Balaban J connectivity index is 1.97. The Hall–Kier alpha value is -1.80. The number of allylic oxidation sites excluding steroid dienone is 1. The summed E-state index contributed by atoms with van der Waals surface area (Å²) in [6.07, 6.45) is 9.52. The largest absolute Gasteiger partial charge is 0.465 e. The molecule has 0 saturated carbocycles. The molecule has 3 aliphatic heterocycles. The number of rotatable bonds is 15. The van der Waals surface area contributed by atoms with E-state index in [1.807, 2.05) is 4.90 Å². The van der Waals surface area contributed by atoms with Crippen molar-refractivity contribution in [2.45, 2.75) is 108 Å². The van der Waals surface area contributed by atoms with Gasteiger partial charge in [0.25, 0.3) is 0 Å². The van der Waals surface area contributed by atoms with E-state index in [9.17, 15) is 19.5 Å². The first kappa shape index (κ1) is 31.7. The fourth-order valence-electron chi connectivity index (χ4n) is 7.31. The van der Waals surface area contributed by atoms with Gasteiger partial charge in [-0.3, -0.25) is 14.4 Å². The Bertz CT molecular complexity index is 928. The summed E-state index contributed by atoms with van der Waals surface area (Å²) < 4.78 is 5.04. The van der Waals surface area contributed by atoms with Crippen molar-refractivity contribution in [1.29, 1.82) is 0 Å². The molecule has 3 fully saturated rings. The number of hydrogen-bond donors (Lipinski definition) is 1. The Labute approximate surface area is 239 Å². The van der Waals surface area contributed by atoms with Crippen LogP contribution in [0.2, 0.25) is 0 Å². The highest BCUT2D eigenvalue weighted by molar-refractivity contribution is 8.02. The number of ether oxygens (including phenoxy) is 1. The molecule has 3 saturated heterocycles. The second-order valence-corrected chi connectivity index (χ2v) is 14.9. The lowest BCUT2D eigenvalue weighted by molar-refractivity contribution is -0.154. The van der Waals surface area contributed by atoms with Gasteiger partial charge in [-0.2, -0.15) is 0 Å². The summed E-state index contributed by atoms with van der Waals surface area (Å²) in [6.45, 7) is 19.6. The van der Waals surface area contributed by atoms with Gasteiger partial charge in [-0.05, 0) is 70.6 Å². The molecule has 0 aromatic heterocycles. The van der Waals surface area contributed by atoms with Gasteiger partial charge in [0.2, 0.25) is 11.8 Å². The summed E-state index contributed by atoms with van der Waals surface area (Å²) in [6, 6.07) is -0.628. The van der Waals surface area contributed by atoms with E-state index in [0.29, 0.717) is 39.0 Å². The van der Waals surface area contributed by atoms with Crippen molar-refractivity contribution < 1.29 is 24.2 Å². The van der Waals surface area contributed by atoms with Gasteiger partial charge in [0.15, 0.2) is 0 Å². The molecule has 220 valence electrons. The number of esters is 1. The zero-order chi connectivity index (χ0) is 29.0. The Morgan fingerprint density at radius 2 is 1.87 bits per heavy atom. The molecular formula is C31H50N2O5S. The number of aliphatic hydroxyl groups is 1. The number of fused-ring (bicyclic) bond motifs is 1. The monoisotopic (exact) mass is 562 g/mol. The van der Waals surface area contributed by atoms with Crippen molar-refractivity contribution in [3.63, 3.8) is 0 Å². The first-order valence-corrected chi connectivity index (χ1v) is 15.5. The van der Waals surface area contributed by atoms with Gasteiger partial charge in [0, 0.05) is 30.5 Å². The van der Waals surface area contributed by atoms with Crippen molar-refractivity contribution in [1.82, 2.24) is 9.80 Å². The standard InChI is InChI=1S/C31H50N2O5S/c1-8-10-14-20-38-28(37)23-22-15-16-31(39-22)24(23)26(35)32(18-12-11-13-19-34)25(31)27(36)33(17-9-2)30(6,7)21-29(3,4)5/h8-9,22-25,34H,1-2,10-21H2,3-7H3/t22-,23+,24-,25?,31?/m0/s1. The first-order valence-electron chi connectivity index (χ1n) is 14.6. The highest BCUT2D eigenvalue weighted by atomic mass is 32.2. The van der Waals surface area contributed by atoms with Crippen LogP contribution in [0.15, 0.2) is 25.3 Å². The number of nitrogens with zero attached hydrogens (tertiary/aromatic N) is 2. The SMILES string of the molecule is C=CCCCOC(=O)[C@@H]1[C@@H]2CCC3(S2)C(C(=O)N(CC=C)C(C)(C)CC(C)(C)C)N(CCCCCO)C(=O)[C@H]13. The molecule has 1 spiro atoms. The number of amides is 2. The number of aliphatic hydroxyl groups excluding tert-OH is 1. The highest BCUT2D eigenvalue weighted by Crippen LogP contribution is 2.66. The third kappa shape index (κ3) is 6.58. The van der Waals surface area contributed by atoms with Crippen LogP contribution in [0.4, 0.5) is 0 Å². The number of carbonyl (C=O) groups excluding carboxylic acids is 3. The molecule has 39 heavy (non-hydrogen) atoms. The Morgan fingerprint density at radius 3 is 2.49 bits per heavy atom. The number of thioether (sulfide) groups is 1. The zero-order valence-electron chi connectivity index (χ0n) is 24.7. The maximum atomic E-state index is 14.7. The highest BCUT2D eigenvalue weighted by Gasteiger charge is 2.74. The van der Waals surface area contributed by atoms with Crippen LogP contribution in [0.25, 0.3) is 0 Å².